The normalized spacial score (nSPS) is 15.6. The Morgan fingerprint density at radius 3 is 2.44 bits per heavy atom. The van der Waals surface area contributed by atoms with Gasteiger partial charge in [0.15, 0.2) is 0 Å². The highest BCUT2D eigenvalue weighted by atomic mass is 32.2. The molecule has 2 N–H and O–H groups in total. The van der Waals surface area contributed by atoms with Crippen molar-refractivity contribution in [3.63, 3.8) is 0 Å². The lowest BCUT2D eigenvalue weighted by molar-refractivity contribution is -0.144. The Balaban J connectivity index is 4.00. The first-order valence-electron chi connectivity index (χ1n) is 5.76. The van der Waals surface area contributed by atoms with Crippen LogP contribution in [0.2, 0.25) is 0 Å². The molecule has 0 aromatic heterocycles. The van der Waals surface area contributed by atoms with Gasteiger partial charge < -0.3 is 15.4 Å². The van der Waals surface area contributed by atoms with Crippen LogP contribution in [-0.4, -0.2) is 53.8 Å². The fourth-order valence-electron chi connectivity index (χ4n) is 1.30. The van der Waals surface area contributed by atoms with Crippen molar-refractivity contribution in [1.82, 2.24) is 10.6 Å². The lowest BCUT2D eigenvalue weighted by Gasteiger charge is -2.16. The van der Waals surface area contributed by atoms with E-state index in [1.807, 2.05) is 6.92 Å². The molecule has 6 nitrogen and oxygen atoms in total. The zero-order chi connectivity index (χ0) is 14.1. The Kier molecular flexibility index (Phi) is 8.57. The molecule has 0 spiro atoms. The average Bonchev–Trinajstić information content (AvgIpc) is 2.30. The molecule has 0 heterocycles. The van der Waals surface area contributed by atoms with Crippen molar-refractivity contribution >= 4 is 22.7 Å². The summed E-state index contributed by atoms with van der Waals surface area (Å²) in [5, 5.41) is 5.65. The minimum atomic E-state index is -0.845. The monoisotopic (exact) mass is 278 g/mol. The highest BCUT2D eigenvalue weighted by Crippen LogP contribution is 1.97. The van der Waals surface area contributed by atoms with Gasteiger partial charge in [-0.15, -0.1) is 0 Å². The molecule has 0 aromatic rings. The van der Waals surface area contributed by atoms with Crippen LogP contribution in [0.1, 0.15) is 20.3 Å². The molecular weight excluding hydrogens is 256 g/mol. The molecule has 106 valence electrons. The van der Waals surface area contributed by atoms with Gasteiger partial charge in [0.25, 0.3) is 0 Å². The molecule has 1 amide bonds. The molecule has 0 radical (unpaired) electrons. The number of carbonyl (C=O) groups is 2. The second-order valence-electron chi connectivity index (χ2n) is 4.08. The standard InChI is InChI=1S/C11H22N2O4S/c1-8(18(4)16)5-6-12-7-10(11(15)17-3)13-9(2)14/h8,10,12H,5-7H2,1-4H3,(H,13,14). The lowest BCUT2D eigenvalue weighted by atomic mass is 10.2. The summed E-state index contributed by atoms with van der Waals surface area (Å²) in [5.74, 6) is -0.764. The Hall–Kier alpha value is -0.950. The molecule has 0 aliphatic carbocycles. The fourth-order valence-corrected chi connectivity index (χ4v) is 1.75. The van der Waals surface area contributed by atoms with Gasteiger partial charge in [-0.25, -0.2) is 4.79 Å². The number of esters is 1. The summed E-state index contributed by atoms with van der Waals surface area (Å²) < 4.78 is 15.7. The SMILES string of the molecule is COC(=O)C(CNCCC(C)S(C)=O)NC(C)=O. The molecule has 3 unspecified atom stereocenters. The van der Waals surface area contributed by atoms with Crippen LogP contribution < -0.4 is 10.6 Å². The van der Waals surface area contributed by atoms with Gasteiger partial charge in [0.2, 0.25) is 5.91 Å². The number of hydrogen-bond donors (Lipinski definition) is 2. The van der Waals surface area contributed by atoms with Crippen molar-refractivity contribution in [3.8, 4) is 0 Å². The Labute approximate surface area is 110 Å². The first-order valence-corrected chi connectivity index (χ1v) is 7.38. The van der Waals surface area contributed by atoms with Crippen LogP contribution in [-0.2, 0) is 25.1 Å². The van der Waals surface area contributed by atoms with E-state index < -0.39 is 22.8 Å². The predicted octanol–water partition coefficient (Wildman–Crippen LogP) is -0.589. The van der Waals surface area contributed by atoms with E-state index in [1.165, 1.54) is 14.0 Å². The topological polar surface area (TPSA) is 84.5 Å². The number of amides is 1. The molecule has 0 aromatic carbocycles. The van der Waals surface area contributed by atoms with Crippen molar-refractivity contribution in [2.75, 3.05) is 26.5 Å². The van der Waals surface area contributed by atoms with Crippen molar-refractivity contribution < 1.29 is 18.5 Å². The number of hydrogen-bond acceptors (Lipinski definition) is 5. The van der Waals surface area contributed by atoms with Crippen molar-refractivity contribution in [3.05, 3.63) is 0 Å². The van der Waals surface area contributed by atoms with Crippen LogP contribution in [0.3, 0.4) is 0 Å². The molecular formula is C11H22N2O4S. The van der Waals surface area contributed by atoms with Gasteiger partial charge >= 0.3 is 5.97 Å². The summed E-state index contributed by atoms with van der Waals surface area (Å²) in [6.45, 7) is 4.19. The summed E-state index contributed by atoms with van der Waals surface area (Å²) in [5.41, 5.74) is 0. The average molecular weight is 278 g/mol. The van der Waals surface area contributed by atoms with E-state index in [0.29, 0.717) is 13.1 Å². The minimum Gasteiger partial charge on any atom is -0.467 e. The maximum Gasteiger partial charge on any atom is 0.329 e. The van der Waals surface area contributed by atoms with E-state index in [1.54, 1.807) is 6.26 Å². The zero-order valence-corrected chi connectivity index (χ0v) is 12.1. The minimum absolute atomic E-state index is 0.106. The Morgan fingerprint density at radius 2 is 2.00 bits per heavy atom. The van der Waals surface area contributed by atoms with Gasteiger partial charge in [-0.05, 0) is 13.0 Å². The van der Waals surface area contributed by atoms with Crippen molar-refractivity contribution in [2.45, 2.75) is 31.6 Å². The Bertz CT molecular complexity index is 309. The largest absolute Gasteiger partial charge is 0.467 e. The van der Waals surface area contributed by atoms with E-state index >= 15 is 0 Å². The van der Waals surface area contributed by atoms with E-state index in [4.69, 9.17) is 0 Å². The third-order valence-corrected chi connectivity index (χ3v) is 3.87. The smallest absolute Gasteiger partial charge is 0.329 e. The molecule has 0 fully saturated rings. The van der Waals surface area contributed by atoms with Crippen molar-refractivity contribution in [2.24, 2.45) is 0 Å². The number of nitrogens with one attached hydrogen (secondary N) is 2. The predicted molar refractivity (Wildman–Crippen MR) is 70.6 cm³/mol. The molecule has 7 heteroatoms. The third kappa shape index (κ3) is 7.39. The van der Waals surface area contributed by atoms with Gasteiger partial charge in [-0.3, -0.25) is 9.00 Å². The van der Waals surface area contributed by atoms with Gasteiger partial charge in [0.05, 0.1) is 7.11 Å². The van der Waals surface area contributed by atoms with Crippen LogP contribution in [0.25, 0.3) is 0 Å². The second-order valence-corrected chi connectivity index (χ2v) is 5.88. The number of carbonyl (C=O) groups excluding carboxylic acids is 2. The second kappa shape index (κ2) is 9.04. The van der Waals surface area contributed by atoms with Gasteiger partial charge in [0, 0.05) is 35.8 Å². The molecule has 0 aliphatic rings. The zero-order valence-electron chi connectivity index (χ0n) is 11.3. The van der Waals surface area contributed by atoms with E-state index in [0.717, 1.165) is 6.42 Å². The number of rotatable bonds is 8. The summed E-state index contributed by atoms with van der Waals surface area (Å²) in [6.07, 6.45) is 2.41. The maximum absolute atomic E-state index is 11.4. The molecule has 3 atom stereocenters. The fraction of sp³-hybridized carbons (Fsp3) is 0.818. The van der Waals surface area contributed by atoms with E-state index in [9.17, 15) is 13.8 Å². The maximum atomic E-state index is 11.4. The highest BCUT2D eigenvalue weighted by Gasteiger charge is 2.19. The first kappa shape index (κ1) is 17.1. The summed E-state index contributed by atoms with van der Waals surface area (Å²) in [7, 11) is 0.432. The molecule has 0 aliphatic heterocycles. The highest BCUT2D eigenvalue weighted by molar-refractivity contribution is 7.84. The summed E-state index contributed by atoms with van der Waals surface area (Å²) >= 11 is 0. The molecule has 0 saturated heterocycles. The summed E-state index contributed by atoms with van der Waals surface area (Å²) in [6, 6.07) is -0.685. The molecule has 0 saturated carbocycles. The Morgan fingerprint density at radius 1 is 1.39 bits per heavy atom. The van der Waals surface area contributed by atoms with Crippen LogP contribution in [0.4, 0.5) is 0 Å². The van der Waals surface area contributed by atoms with Crippen LogP contribution in [0.5, 0.6) is 0 Å². The third-order valence-electron chi connectivity index (χ3n) is 2.51. The summed E-state index contributed by atoms with van der Waals surface area (Å²) in [4.78, 5) is 22.3. The van der Waals surface area contributed by atoms with Crippen LogP contribution in [0, 0.1) is 0 Å². The van der Waals surface area contributed by atoms with Gasteiger partial charge in [-0.1, -0.05) is 6.92 Å². The quantitative estimate of drug-likeness (QED) is 0.458. The number of ether oxygens (including phenoxy) is 1. The van der Waals surface area contributed by atoms with Gasteiger partial charge in [0.1, 0.15) is 6.04 Å². The van der Waals surface area contributed by atoms with Crippen LogP contribution in [0.15, 0.2) is 0 Å². The van der Waals surface area contributed by atoms with Gasteiger partial charge in [-0.2, -0.15) is 0 Å². The molecule has 18 heavy (non-hydrogen) atoms. The van der Waals surface area contributed by atoms with Crippen molar-refractivity contribution in [1.29, 1.82) is 0 Å². The molecule has 0 bridgehead atoms. The molecule has 0 rings (SSSR count). The number of methoxy groups -OCH3 is 1. The van der Waals surface area contributed by atoms with Crippen LogP contribution >= 0.6 is 0 Å². The van der Waals surface area contributed by atoms with E-state index in [2.05, 4.69) is 15.4 Å². The first-order chi connectivity index (χ1) is 8.38. The lowest BCUT2D eigenvalue weighted by Crippen LogP contribution is -2.47. The van der Waals surface area contributed by atoms with E-state index in [-0.39, 0.29) is 11.2 Å².